The lowest BCUT2D eigenvalue weighted by atomic mass is 10.0. The minimum absolute atomic E-state index is 0.0357. The summed E-state index contributed by atoms with van der Waals surface area (Å²) in [5.74, 6) is 7.46. The number of rotatable bonds is 52. The van der Waals surface area contributed by atoms with Gasteiger partial charge in [0, 0.05) is 19.4 Å². The molecule has 0 saturated heterocycles. The van der Waals surface area contributed by atoms with Crippen molar-refractivity contribution in [3.05, 3.63) is 46.6 Å². The zero-order valence-corrected chi connectivity index (χ0v) is 53.7. The van der Waals surface area contributed by atoms with Crippen molar-refractivity contribution < 1.29 is 24.2 Å². The number of carbonyl (C=O) groups is 2. The van der Waals surface area contributed by atoms with Gasteiger partial charge in [-0.25, -0.2) is 0 Å². The van der Waals surface area contributed by atoms with E-state index in [1.807, 2.05) is 0 Å². The average molecular weight is 1110 g/mol. The van der Waals surface area contributed by atoms with Gasteiger partial charge in [-0.05, 0) is 250 Å². The van der Waals surface area contributed by atoms with E-state index in [0.717, 1.165) is 143 Å². The molecule has 4 atom stereocenters. The first kappa shape index (κ1) is 73.2. The van der Waals surface area contributed by atoms with Crippen LogP contribution in [0.2, 0.25) is 0 Å². The summed E-state index contributed by atoms with van der Waals surface area (Å²) >= 11 is 8.26. The highest BCUT2D eigenvalue weighted by molar-refractivity contribution is 8.17. The SMILES string of the molecule is CC(C)=CCCC(C)CCSC(CCC(=O)OCCCCCCN(CCCCO)CCCCCCOC(=O)CCC(SCCC(C)CCC=C(C)C)SCCC(C)CCC=C(C)C)SCCC(C)CCC=C(C)C. The Labute approximate surface area is 477 Å². The highest BCUT2D eigenvalue weighted by atomic mass is 32.2. The van der Waals surface area contributed by atoms with E-state index >= 15 is 0 Å². The lowest BCUT2D eigenvalue weighted by molar-refractivity contribution is -0.144. The van der Waals surface area contributed by atoms with Crippen LogP contribution in [0.25, 0.3) is 0 Å². The molecule has 0 bridgehead atoms. The van der Waals surface area contributed by atoms with Crippen LogP contribution in [0.15, 0.2) is 46.6 Å². The maximum Gasteiger partial charge on any atom is 0.305 e. The molecule has 0 radical (unpaired) electrons. The highest BCUT2D eigenvalue weighted by Gasteiger charge is 2.17. The van der Waals surface area contributed by atoms with Crippen molar-refractivity contribution in [1.82, 2.24) is 4.90 Å². The molecule has 10 heteroatoms. The first-order valence-electron chi connectivity index (χ1n) is 30.1. The van der Waals surface area contributed by atoms with Crippen molar-refractivity contribution in [3.8, 4) is 0 Å². The number of unbranched alkanes of at least 4 members (excludes halogenated alkanes) is 7. The number of allylic oxidation sites excluding steroid dienone is 8. The van der Waals surface area contributed by atoms with Gasteiger partial charge in [0.15, 0.2) is 0 Å². The first-order chi connectivity index (χ1) is 35.5. The Balaban J connectivity index is 4.64. The third-order valence-electron chi connectivity index (χ3n) is 13.8. The summed E-state index contributed by atoms with van der Waals surface area (Å²) in [4.78, 5) is 28.3. The molecule has 0 aliphatic carbocycles. The largest absolute Gasteiger partial charge is 0.466 e. The van der Waals surface area contributed by atoms with Gasteiger partial charge >= 0.3 is 11.9 Å². The number of aliphatic hydroxyl groups is 1. The Morgan fingerprint density at radius 3 is 0.973 bits per heavy atom. The van der Waals surface area contributed by atoms with Crippen molar-refractivity contribution in [1.29, 1.82) is 0 Å². The third-order valence-corrected chi connectivity index (χ3v) is 19.8. The van der Waals surface area contributed by atoms with Crippen molar-refractivity contribution in [2.75, 3.05) is 62.5 Å². The Hall–Kier alpha value is -0.780. The molecule has 0 aliphatic heterocycles. The molecule has 0 fully saturated rings. The minimum Gasteiger partial charge on any atom is -0.466 e. The fourth-order valence-electron chi connectivity index (χ4n) is 8.59. The topological polar surface area (TPSA) is 76.1 Å². The monoisotopic (exact) mass is 1110 g/mol. The Bertz CT molecular complexity index is 1280. The van der Waals surface area contributed by atoms with Gasteiger partial charge in [-0.3, -0.25) is 9.59 Å². The Morgan fingerprint density at radius 1 is 0.405 bits per heavy atom. The number of ether oxygens (including phenoxy) is 2. The summed E-state index contributed by atoms with van der Waals surface area (Å²) in [6.07, 6.45) is 37.3. The second-order valence-electron chi connectivity index (χ2n) is 23.0. The van der Waals surface area contributed by atoms with Gasteiger partial charge in [-0.2, -0.15) is 0 Å². The summed E-state index contributed by atoms with van der Waals surface area (Å²) in [6, 6.07) is 0. The fourth-order valence-corrected chi connectivity index (χ4v) is 14.9. The third kappa shape index (κ3) is 51.9. The molecule has 434 valence electrons. The summed E-state index contributed by atoms with van der Waals surface area (Å²) in [7, 11) is 0. The Morgan fingerprint density at radius 2 is 0.689 bits per heavy atom. The van der Waals surface area contributed by atoms with E-state index in [4.69, 9.17) is 9.47 Å². The molecule has 1 N–H and O–H groups in total. The summed E-state index contributed by atoms with van der Waals surface area (Å²) in [5, 5.41) is 9.43. The lowest BCUT2D eigenvalue weighted by Crippen LogP contribution is -2.27. The second-order valence-corrected chi connectivity index (χ2v) is 28.8. The van der Waals surface area contributed by atoms with Crippen LogP contribution in [0.4, 0.5) is 0 Å². The predicted molar refractivity (Wildman–Crippen MR) is 337 cm³/mol. The molecule has 0 aromatic rings. The van der Waals surface area contributed by atoms with E-state index < -0.39 is 0 Å². The molecule has 0 amide bonds. The van der Waals surface area contributed by atoms with E-state index in [9.17, 15) is 14.7 Å². The van der Waals surface area contributed by atoms with Crippen LogP contribution in [0.3, 0.4) is 0 Å². The standard InChI is InChI=1S/C64H119NO5S4/c1-53(2)27-23-31-57(9)39-49-71-63(72-50-40-58(10)32-24-28-54(3)4)37-35-61(67)69-47-21-15-13-17-43-65(45-19-20-46-66)44-18-14-16-22-48-70-62(68)36-38-64(73-51-41-59(11)33-25-29-55(5)6)74-52-42-60(12)34-26-30-56(7)8/h27-30,57-60,63-64,66H,13-26,31-52H2,1-12H3. The van der Waals surface area contributed by atoms with Gasteiger partial charge in [0.1, 0.15) is 0 Å². The molecule has 6 nitrogen and oxygen atoms in total. The van der Waals surface area contributed by atoms with Gasteiger partial charge in [0.05, 0.1) is 22.4 Å². The van der Waals surface area contributed by atoms with Crippen molar-refractivity contribution in [2.24, 2.45) is 23.7 Å². The molecule has 0 aliphatic rings. The van der Waals surface area contributed by atoms with Crippen molar-refractivity contribution in [3.63, 3.8) is 0 Å². The maximum atomic E-state index is 12.9. The van der Waals surface area contributed by atoms with Crippen LogP contribution in [0, 0.1) is 23.7 Å². The van der Waals surface area contributed by atoms with Crippen LogP contribution < -0.4 is 0 Å². The summed E-state index contributed by atoms with van der Waals surface area (Å²) in [5.41, 5.74) is 5.64. The molecule has 4 unspecified atom stereocenters. The molecule has 0 aromatic carbocycles. The number of carbonyl (C=O) groups excluding carboxylic acids is 2. The van der Waals surface area contributed by atoms with Crippen LogP contribution in [-0.4, -0.2) is 93.6 Å². The second kappa shape index (κ2) is 51.6. The van der Waals surface area contributed by atoms with Crippen LogP contribution in [0.5, 0.6) is 0 Å². The predicted octanol–water partition coefficient (Wildman–Crippen LogP) is 19.5. The van der Waals surface area contributed by atoms with Gasteiger partial charge in [0.2, 0.25) is 0 Å². The molecule has 0 aromatic heterocycles. The normalized spacial score (nSPS) is 13.9. The number of nitrogens with zero attached hydrogens (tertiary/aromatic N) is 1. The molecule has 0 saturated carbocycles. The molecule has 0 heterocycles. The van der Waals surface area contributed by atoms with Gasteiger partial charge in [-0.1, -0.05) is 100.0 Å². The number of aliphatic hydroxyl groups excluding tert-OH is 1. The molecular weight excluding hydrogens is 991 g/mol. The lowest BCUT2D eigenvalue weighted by Gasteiger charge is -2.22. The summed E-state index contributed by atoms with van der Waals surface area (Å²) in [6.45, 7) is 31.5. The number of thioether (sulfide) groups is 4. The molecular formula is C64H119NO5S4. The number of hydrogen-bond acceptors (Lipinski definition) is 10. The van der Waals surface area contributed by atoms with E-state index in [-0.39, 0.29) is 18.5 Å². The van der Waals surface area contributed by atoms with E-state index in [1.54, 1.807) is 0 Å². The zero-order chi connectivity index (χ0) is 55.0. The van der Waals surface area contributed by atoms with Crippen molar-refractivity contribution in [2.45, 2.75) is 259 Å². The maximum absolute atomic E-state index is 12.9. The Kier molecular flexibility index (Phi) is 51.1. The van der Waals surface area contributed by atoms with Crippen LogP contribution >= 0.6 is 47.0 Å². The minimum atomic E-state index is -0.0357. The van der Waals surface area contributed by atoms with E-state index in [0.29, 0.717) is 35.2 Å². The van der Waals surface area contributed by atoms with Crippen molar-refractivity contribution >= 4 is 59.0 Å². The number of esters is 2. The number of hydrogen-bond donors (Lipinski definition) is 1. The van der Waals surface area contributed by atoms with E-state index in [2.05, 4.69) is 159 Å². The molecule has 0 spiro atoms. The highest BCUT2D eigenvalue weighted by Crippen LogP contribution is 2.33. The smallest absolute Gasteiger partial charge is 0.305 e. The van der Waals surface area contributed by atoms with Gasteiger partial charge in [0.25, 0.3) is 0 Å². The molecule has 0 rings (SSSR count). The fraction of sp³-hybridized carbons (Fsp3) is 0.844. The van der Waals surface area contributed by atoms with Gasteiger partial charge in [-0.15, -0.1) is 47.0 Å². The zero-order valence-electron chi connectivity index (χ0n) is 50.4. The summed E-state index contributed by atoms with van der Waals surface area (Å²) < 4.78 is 12.4. The van der Waals surface area contributed by atoms with Crippen LogP contribution in [0.1, 0.15) is 250 Å². The average Bonchev–Trinajstić information content (AvgIpc) is 3.33. The van der Waals surface area contributed by atoms with E-state index in [1.165, 1.54) is 99.3 Å². The first-order valence-corrected chi connectivity index (χ1v) is 34.3. The van der Waals surface area contributed by atoms with Gasteiger partial charge < -0.3 is 19.5 Å². The van der Waals surface area contributed by atoms with Crippen LogP contribution in [-0.2, 0) is 19.1 Å². The molecule has 74 heavy (non-hydrogen) atoms. The quantitative estimate of drug-likeness (QED) is 0.0275.